The second-order valence-electron chi connectivity index (χ2n) is 7.96. The molecule has 3 rings (SSSR count). The fourth-order valence-corrected chi connectivity index (χ4v) is 3.18. The zero-order valence-corrected chi connectivity index (χ0v) is 16.5. The predicted octanol–water partition coefficient (Wildman–Crippen LogP) is 3.89. The van der Waals surface area contributed by atoms with Crippen molar-refractivity contribution in [1.82, 2.24) is 15.0 Å². The van der Waals surface area contributed by atoms with E-state index in [1.807, 2.05) is 47.0 Å². The molecular weight excluding hydrogens is 336 g/mol. The van der Waals surface area contributed by atoms with Gasteiger partial charge in [-0.1, -0.05) is 39.0 Å². The molecule has 2 heterocycles. The van der Waals surface area contributed by atoms with E-state index in [0.717, 1.165) is 16.8 Å². The lowest BCUT2D eigenvalue weighted by Crippen LogP contribution is -2.42. The molecule has 1 aromatic carbocycles. The van der Waals surface area contributed by atoms with Crippen molar-refractivity contribution in [1.29, 1.82) is 0 Å². The minimum atomic E-state index is -1.29. The van der Waals surface area contributed by atoms with Gasteiger partial charge in [0.2, 0.25) is 0 Å². The van der Waals surface area contributed by atoms with Gasteiger partial charge in [-0.25, -0.2) is 9.97 Å². The van der Waals surface area contributed by atoms with Gasteiger partial charge in [-0.05, 0) is 23.8 Å². The van der Waals surface area contributed by atoms with Crippen LogP contribution in [0.4, 0.5) is 5.69 Å². The van der Waals surface area contributed by atoms with Crippen LogP contribution in [-0.4, -0.2) is 34.2 Å². The third-order valence-electron chi connectivity index (χ3n) is 4.91. The topological polar surface area (TPSA) is 62.1 Å². The van der Waals surface area contributed by atoms with Gasteiger partial charge in [-0.2, -0.15) is 0 Å². The molecule has 0 bridgehead atoms. The predicted molar refractivity (Wildman–Crippen MR) is 108 cm³/mol. The first-order valence-corrected chi connectivity index (χ1v) is 8.95. The fraction of sp³-hybridized carbons (Fsp3) is 0.318. The van der Waals surface area contributed by atoms with Crippen LogP contribution in [0.3, 0.4) is 0 Å². The number of nitrogens with zero attached hydrogens (tertiary/aromatic N) is 4. The summed E-state index contributed by atoms with van der Waals surface area (Å²) < 4.78 is 0. The third kappa shape index (κ3) is 3.55. The van der Waals surface area contributed by atoms with Crippen molar-refractivity contribution in [2.24, 2.45) is 5.41 Å². The van der Waals surface area contributed by atoms with E-state index < -0.39 is 11.0 Å². The van der Waals surface area contributed by atoms with E-state index in [2.05, 4.69) is 44.1 Å². The van der Waals surface area contributed by atoms with Crippen molar-refractivity contribution in [2.75, 3.05) is 19.0 Å². The molecule has 0 aliphatic carbocycles. The van der Waals surface area contributed by atoms with Gasteiger partial charge >= 0.3 is 0 Å². The summed E-state index contributed by atoms with van der Waals surface area (Å²) in [6, 6.07) is 12.2. The normalized spacial score (nSPS) is 13.9. The van der Waals surface area contributed by atoms with E-state index in [4.69, 9.17) is 0 Å². The Morgan fingerprint density at radius 2 is 1.41 bits per heavy atom. The number of benzene rings is 1. The quantitative estimate of drug-likeness (QED) is 0.763. The van der Waals surface area contributed by atoms with Crippen LogP contribution in [0.15, 0.2) is 61.3 Å². The highest BCUT2D eigenvalue weighted by Crippen LogP contribution is 2.43. The second-order valence-corrected chi connectivity index (χ2v) is 7.96. The number of hydrogen-bond donors (Lipinski definition) is 1. The van der Waals surface area contributed by atoms with Gasteiger partial charge in [-0.3, -0.25) is 4.98 Å². The maximum atomic E-state index is 11.6. The van der Waals surface area contributed by atoms with E-state index in [1.54, 1.807) is 18.6 Å². The molecule has 3 aromatic rings. The number of aliphatic hydroxyl groups is 1. The van der Waals surface area contributed by atoms with Gasteiger partial charge in [0, 0.05) is 54.9 Å². The summed E-state index contributed by atoms with van der Waals surface area (Å²) in [4.78, 5) is 14.8. The molecule has 5 nitrogen and oxygen atoms in total. The first-order valence-electron chi connectivity index (χ1n) is 8.95. The van der Waals surface area contributed by atoms with Crippen LogP contribution in [0.25, 0.3) is 11.1 Å². The fourth-order valence-electron chi connectivity index (χ4n) is 3.18. The monoisotopic (exact) mass is 362 g/mol. The number of pyridine rings is 1. The minimum Gasteiger partial charge on any atom is -0.378 e. The Hall–Kier alpha value is -2.79. The standard InChI is InChI=1S/C22H26N4O/c1-21(2,3)22(27,18-13-23-15-24-14-18)20-11-8-17(12-25-20)16-6-9-19(10-7-16)26(4)5/h6-15,27H,1-5H3. The summed E-state index contributed by atoms with van der Waals surface area (Å²) in [6.07, 6.45) is 6.56. The Bertz CT molecular complexity index is 884. The lowest BCUT2D eigenvalue weighted by Gasteiger charge is -2.39. The Labute approximate surface area is 160 Å². The largest absolute Gasteiger partial charge is 0.378 e. The Balaban J connectivity index is 1.99. The van der Waals surface area contributed by atoms with Gasteiger partial charge < -0.3 is 10.0 Å². The smallest absolute Gasteiger partial charge is 0.139 e. The van der Waals surface area contributed by atoms with Crippen molar-refractivity contribution in [2.45, 2.75) is 26.4 Å². The summed E-state index contributed by atoms with van der Waals surface area (Å²) >= 11 is 0. The van der Waals surface area contributed by atoms with Crippen molar-refractivity contribution in [3.63, 3.8) is 0 Å². The molecule has 1 unspecified atom stereocenters. The Kier molecular flexibility index (Phi) is 4.98. The molecule has 1 atom stereocenters. The molecule has 27 heavy (non-hydrogen) atoms. The van der Waals surface area contributed by atoms with E-state index in [0.29, 0.717) is 11.3 Å². The van der Waals surface area contributed by atoms with Gasteiger partial charge in [0.05, 0.1) is 5.69 Å². The zero-order chi connectivity index (χ0) is 19.7. The van der Waals surface area contributed by atoms with Crippen LogP contribution in [0, 0.1) is 5.41 Å². The molecule has 5 heteroatoms. The van der Waals surface area contributed by atoms with Gasteiger partial charge in [0.1, 0.15) is 11.9 Å². The van der Waals surface area contributed by atoms with Crippen LogP contribution in [0.2, 0.25) is 0 Å². The molecule has 140 valence electrons. The molecule has 0 spiro atoms. The van der Waals surface area contributed by atoms with Gasteiger partial charge in [-0.15, -0.1) is 0 Å². The van der Waals surface area contributed by atoms with Gasteiger partial charge in [0.15, 0.2) is 0 Å². The second kappa shape index (κ2) is 7.08. The molecular formula is C22H26N4O. The van der Waals surface area contributed by atoms with Crippen LogP contribution < -0.4 is 4.90 Å². The maximum absolute atomic E-state index is 11.6. The number of hydrogen-bond acceptors (Lipinski definition) is 5. The van der Waals surface area contributed by atoms with Crippen molar-refractivity contribution in [3.05, 3.63) is 72.6 Å². The molecule has 0 aliphatic rings. The van der Waals surface area contributed by atoms with E-state index in [9.17, 15) is 5.11 Å². The first-order chi connectivity index (χ1) is 12.7. The molecule has 0 amide bonds. The summed E-state index contributed by atoms with van der Waals surface area (Å²) in [6.45, 7) is 5.95. The highest BCUT2D eigenvalue weighted by Gasteiger charge is 2.45. The van der Waals surface area contributed by atoms with Crippen LogP contribution in [0.1, 0.15) is 32.0 Å². The van der Waals surface area contributed by atoms with E-state index >= 15 is 0 Å². The SMILES string of the molecule is CN(C)c1ccc(-c2ccc(C(O)(c3cncnc3)C(C)(C)C)nc2)cc1. The highest BCUT2D eigenvalue weighted by molar-refractivity contribution is 5.65. The number of rotatable bonds is 4. The number of aromatic nitrogens is 3. The lowest BCUT2D eigenvalue weighted by molar-refractivity contribution is -0.0301. The Morgan fingerprint density at radius 1 is 0.815 bits per heavy atom. The molecule has 0 saturated heterocycles. The first kappa shape index (κ1) is 19.0. The summed E-state index contributed by atoms with van der Waals surface area (Å²) in [5.41, 5.74) is 2.67. The molecule has 1 N–H and O–H groups in total. The van der Waals surface area contributed by atoms with Crippen molar-refractivity contribution < 1.29 is 5.11 Å². The van der Waals surface area contributed by atoms with Crippen molar-refractivity contribution in [3.8, 4) is 11.1 Å². The van der Waals surface area contributed by atoms with E-state index in [1.165, 1.54) is 6.33 Å². The average molecular weight is 362 g/mol. The summed E-state index contributed by atoms with van der Waals surface area (Å²) in [5, 5.41) is 11.6. The highest BCUT2D eigenvalue weighted by atomic mass is 16.3. The molecule has 2 aromatic heterocycles. The molecule has 0 fully saturated rings. The van der Waals surface area contributed by atoms with Gasteiger partial charge in [0.25, 0.3) is 0 Å². The lowest BCUT2D eigenvalue weighted by atomic mass is 9.70. The van der Waals surface area contributed by atoms with Crippen molar-refractivity contribution >= 4 is 5.69 Å². The minimum absolute atomic E-state index is 0.487. The third-order valence-corrected chi connectivity index (χ3v) is 4.91. The molecule has 0 saturated carbocycles. The average Bonchev–Trinajstić information content (AvgIpc) is 2.67. The molecule has 0 radical (unpaired) electrons. The van der Waals surface area contributed by atoms with E-state index in [-0.39, 0.29) is 0 Å². The summed E-state index contributed by atoms with van der Waals surface area (Å²) in [5.74, 6) is 0. The maximum Gasteiger partial charge on any atom is 0.139 e. The summed E-state index contributed by atoms with van der Waals surface area (Å²) in [7, 11) is 4.04. The Morgan fingerprint density at radius 3 is 1.89 bits per heavy atom. The number of anilines is 1. The zero-order valence-electron chi connectivity index (χ0n) is 16.5. The molecule has 0 aliphatic heterocycles. The van der Waals surface area contributed by atoms with Crippen LogP contribution >= 0.6 is 0 Å². The van der Waals surface area contributed by atoms with Crippen LogP contribution in [-0.2, 0) is 5.60 Å². The van der Waals surface area contributed by atoms with Crippen LogP contribution in [0.5, 0.6) is 0 Å².